The standard InChI is InChI=1S/C18H22FNO3S/c1-13(2)11-17(14-7-5-4-6-8-14)20-24(21,22)15-9-10-18(23-3)16(19)12-15/h4-10,12-13,17,20H,11H2,1-3H3/t17-/m0/s1. The van der Waals surface area contributed by atoms with Crippen molar-refractivity contribution < 1.29 is 17.5 Å². The van der Waals surface area contributed by atoms with Gasteiger partial charge < -0.3 is 4.74 Å². The predicted octanol–water partition coefficient (Wildman–Crippen LogP) is 3.90. The average molecular weight is 351 g/mol. The van der Waals surface area contributed by atoms with Crippen LogP contribution < -0.4 is 9.46 Å². The van der Waals surface area contributed by atoms with Crippen LogP contribution in [0.1, 0.15) is 31.9 Å². The van der Waals surface area contributed by atoms with E-state index in [1.54, 1.807) is 0 Å². The number of halogens is 1. The van der Waals surface area contributed by atoms with Crippen molar-refractivity contribution in [3.05, 3.63) is 59.9 Å². The van der Waals surface area contributed by atoms with Crippen molar-refractivity contribution in [1.29, 1.82) is 0 Å². The number of ether oxygens (including phenoxy) is 1. The second-order valence-corrected chi connectivity index (χ2v) is 7.72. The van der Waals surface area contributed by atoms with E-state index in [1.165, 1.54) is 19.2 Å². The van der Waals surface area contributed by atoms with Crippen LogP contribution in [0.3, 0.4) is 0 Å². The maximum atomic E-state index is 13.8. The van der Waals surface area contributed by atoms with Gasteiger partial charge in [0.25, 0.3) is 0 Å². The van der Waals surface area contributed by atoms with Crippen molar-refractivity contribution in [2.45, 2.75) is 31.2 Å². The normalized spacial score (nSPS) is 13.0. The Morgan fingerprint density at radius 2 is 1.79 bits per heavy atom. The van der Waals surface area contributed by atoms with Crippen molar-refractivity contribution in [1.82, 2.24) is 4.72 Å². The quantitative estimate of drug-likeness (QED) is 0.823. The summed E-state index contributed by atoms with van der Waals surface area (Å²) in [6.07, 6.45) is 0.641. The minimum absolute atomic E-state index is 0.00994. The van der Waals surface area contributed by atoms with Crippen LogP contribution in [0.5, 0.6) is 5.75 Å². The molecule has 0 fully saturated rings. The van der Waals surface area contributed by atoms with Crippen LogP contribution >= 0.6 is 0 Å². The molecule has 0 unspecified atom stereocenters. The van der Waals surface area contributed by atoms with Gasteiger partial charge >= 0.3 is 0 Å². The molecule has 130 valence electrons. The van der Waals surface area contributed by atoms with Crippen molar-refractivity contribution in [3.63, 3.8) is 0 Å². The lowest BCUT2D eigenvalue weighted by molar-refractivity contribution is 0.385. The molecule has 1 atom stereocenters. The van der Waals surface area contributed by atoms with Crippen LogP contribution in [0.15, 0.2) is 53.4 Å². The highest BCUT2D eigenvalue weighted by atomic mass is 32.2. The van der Waals surface area contributed by atoms with Crippen LogP contribution in [-0.4, -0.2) is 15.5 Å². The SMILES string of the molecule is COc1ccc(S(=O)(=O)N[C@@H](CC(C)C)c2ccccc2)cc1F. The molecule has 0 aliphatic rings. The zero-order chi connectivity index (χ0) is 17.7. The van der Waals surface area contributed by atoms with Crippen molar-refractivity contribution in [2.24, 2.45) is 5.92 Å². The molecule has 0 amide bonds. The van der Waals surface area contributed by atoms with Gasteiger partial charge in [-0.3, -0.25) is 0 Å². The first-order chi connectivity index (χ1) is 11.3. The van der Waals surface area contributed by atoms with Crippen LogP contribution in [0.4, 0.5) is 4.39 Å². The second-order valence-electron chi connectivity index (χ2n) is 6.01. The molecular weight excluding hydrogens is 329 g/mol. The molecule has 0 heterocycles. The number of nitrogens with one attached hydrogen (secondary N) is 1. The summed E-state index contributed by atoms with van der Waals surface area (Å²) in [5, 5.41) is 0. The first-order valence-electron chi connectivity index (χ1n) is 7.74. The summed E-state index contributed by atoms with van der Waals surface area (Å²) in [5.74, 6) is -0.401. The molecule has 0 radical (unpaired) electrons. The lowest BCUT2D eigenvalue weighted by atomic mass is 9.98. The largest absolute Gasteiger partial charge is 0.494 e. The molecular formula is C18H22FNO3S. The van der Waals surface area contributed by atoms with Crippen LogP contribution in [0.2, 0.25) is 0 Å². The monoisotopic (exact) mass is 351 g/mol. The topological polar surface area (TPSA) is 55.4 Å². The Morgan fingerprint density at radius 1 is 1.12 bits per heavy atom. The summed E-state index contributed by atoms with van der Waals surface area (Å²) < 4.78 is 46.6. The molecule has 2 aromatic carbocycles. The van der Waals surface area contributed by atoms with Crippen molar-refractivity contribution in [3.8, 4) is 5.75 Å². The summed E-state index contributed by atoms with van der Waals surface area (Å²) in [6.45, 7) is 4.05. The molecule has 0 aliphatic heterocycles. The predicted molar refractivity (Wildman–Crippen MR) is 91.9 cm³/mol. The van der Waals surface area contributed by atoms with Gasteiger partial charge in [-0.15, -0.1) is 0 Å². The summed E-state index contributed by atoms with van der Waals surface area (Å²) in [7, 11) is -2.51. The summed E-state index contributed by atoms with van der Waals surface area (Å²) in [6, 6.07) is 12.6. The van der Waals surface area contributed by atoms with Crippen molar-refractivity contribution >= 4 is 10.0 Å². The zero-order valence-corrected chi connectivity index (χ0v) is 14.8. The van der Waals surface area contributed by atoms with Crippen molar-refractivity contribution in [2.75, 3.05) is 7.11 Å². The molecule has 6 heteroatoms. The van der Waals surface area contributed by atoms with Gasteiger partial charge in [0.15, 0.2) is 11.6 Å². The van der Waals surface area contributed by atoms with Gasteiger partial charge in [0, 0.05) is 6.04 Å². The molecule has 0 aromatic heterocycles. The third-order valence-corrected chi connectivity index (χ3v) is 5.11. The fourth-order valence-electron chi connectivity index (χ4n) is 2.48. The molecule has 4 nitrogen and oxygen atoms in total. The molecule has 2 rings (SSSR count). The number of benzene rings is 2. The molecule has 0 saturated carbocycles. The molecule has 0 spiro atoms. The summed E-state index contributed by atoms with van der Waals surface area (Å²) >= 11 is 0. The Morgan fingerprint density at radius 3 is 2.33 bits per heavy atom. The van der Waals surface area contributed by atoms with Crippen LogP contribution in [0, 0.1) is 11.7 Å². The molecule has 1 N–H and O–H groups in total. The minimum Gasteiger partial charge on any atom is -0.494 e. The number of methoxy groups -OCH3 is 1. The first kappa shape index (κ1) is 18.4. The van der Waals surface area contributed by atoms with Gasteiger partial charge in [-0.05, 0) is 36.1 Å². The number of hydrogen-bond donors (Lipinski definition) is 1. The zero-order valence-electron chi connectivity index (χ0n) is 14.0. The molecule has 24 heavy (non-hydrogen) atoms. The highest BCUT2D eigenvalue weighted by Gasteiger charge is 2.23. The Hall–Kier alpha value is -1.92. The number of sulfonamides is 1. The average Bonchev–Trinajstić information content (AvgIpc) is 2.54. The van der Waals surface area contributed by atoms with Crippen LogP contribution in [-0.2, 0) is 10.0 Å². The fourth-order valence-corrected chi connectivity index (χ4v) is 3.73. The van der Waals surface area contributed by atoms with Crippen LogP contribution in [0.25, 0.3) is 0 Å². The Balaban J connectivity index is 2.31. The maximum Gasteiger partial charge on any atom is 0.241 e. The van der Waals surface area contributed by atoms with E-state index in [-0.39, 0.29) is 16.7 Å². The highest BCUT2D eigenvalue weighted by molar-refractivity contribution is 7.89. The van der Waals surface area contributed by atoms with E-state index < -0.39 is 15.8 Å². The number of hydrogen-bond acceptors (Lipinski definition) is 3. The van der Waals surface area contributed by atoms with Gasteiger partial charge in [0.05, 0.1) is 12.0 Å². The second kappa shape index (κ2) is 7.77. The van der Waals surface area contributed by atoms with E-state index in [4.69, 9.17) is 4.74 Å². The molecule has 2 aromatic rings. The first-order valence-corrected chi connectivity index (χ1v) is 9.22. The highest BCUT2D eigenvalue weighted by Crippen LogP contribution is 2.25. The Kier molecular flexibility index (Phi) is 5.96. The Bertz CT molecular complexity index is 776. The maximum absolute atomic E-state index is 13.8. The van der Waals surface area contributed by atoms with E-state index in [0.29, 0.717) is 12.3 Å². The third kappa shape index (κ3) is 4.55. The minimum atomic E-state index is -3.85. The van der Waals surface area contributed by atoms with Gasteiger partial charge in [-0.1, -0.05) is 44.2 Å². The molecule has 0 saturated heterocycles. The summed E-state index contributed by atoms with van der Waals surface area (Å²) in [5.41, 5.74) is 0.878. The Labute approximate surface area is 142 Å². The third-order valence-electron chi connectivity index (χ3n) is 3.64. The number of rotatable bonds is 7. The van der Waals surface area contributed by atoms with E-state index in [9.17, 15) is 12.8 Å². The van der Waals surface area contributed by atoms with Gasteiger partial charge in [0.1, 0.15) is 0 Å². The summed E-state index contributed by atoms with van der Waals surface area (Å²) in [4.78, 5) is -0.120. The van der Waals surface area contributed by atoms with E-state index in [2.05, 4.69) is 4.72 Å². The smallest absolute Gasteiger partial charge is 0.241 e. The van der Waals surface area contributed by atoms with E-state index >= 15 is 0 Å². The van der Waals surface area contributed by atoms with Gasteiger partial charge in [-0.2, -0.15) is 0 Å². The van der Waals surface area contributed by atoms with Gasteiger partial charge in [0.2, 0.25) is 10.0 Å². The van der Waals surface area contributed by atoms with E-state index in [0.717, 1.165) is 11.6 Å². The molecule has 0 aliphatic carbocycles. The lowest BCUT2D eigenvalue weighted by Crippen LogP contribution is -2.29. The lowest BCUT2D eigenvalue weighted by Gasteiger charge is -2.21. The molecule has 0 bridgehead atoms. The van der Waals surface area contributed by atoms with Gasteiger partial charge in [-0.25, -0.2) is 17.5 Å². The van der Waals surface area contributed by atoms with E-state index in [1.807, 2.05) is 44.2 Å². The fraction of sp³-hybridized carbons (Fsp3) is 0.333.